The quantitative estimate of drug-likeness (QED) is 0.346. The number of rotatable bonds is 5. The van der Waals surface area contributed by atoms with Gasteiger partial charge in [0.05, 0.1) is 12.5 Å². The summed E-state index contributed by atoms with van der Waals surface area (Å²) in [5.41, 5.74) is 2.65. The number of hydrogen-bond acceptors (Lipinski definition) is 6. The summed E-state index contributed by atoms with van der Waals surface area (Å²) in [5, 5.41) is 0. The molecule has 0 aliphatic heterocycles. The smallest absolute Gasteiger partial charge is 0.311 e. The summed E-state index contributed by atoms with van der Waals surface area (Å²) in [4.78, 5) is 35.7. The van der Waals surface area contributed by atoms with Crippen LogP contribution in [0.25, 0.3) is 0 Å². The summed E-state index contributed by atoms with van der Waals surface area (Å²) < 4.78 is 15.8. The Morgan fingerprint density at radius 1 is 1.06 bits per heavy atom. The van der Waals surface area contributed by atoms with Crippen molar-refractivity contribution >= 4 is 17.9 Å². The fourth-order valence-electron chi connectivity index (χ4n) is 6.89. The summed E-state index contributed by atoms with van der Waals surface area (Å²) in [6, 6.07) is 0. The summed E-state index contributed by atoms with van der Waals surface area (Å²) in [5.74, 6) is 0.0321. The van der Waals surface area contributed by atoms with Gasteiger partial charge >= 0.3 is 17.9 Å². The zero-order valence-electron chi connectivity index (χ0n) is 19.9. The number of carbonyl (C=O) groups is 3. The van der Waals surface area contributed by atoms with E-state index in [1.807, 2.05) is 0 Å². The molecule has 1 fully saturated rings. The van der Waals surface area contributed by atoms with Gasteiger partial charge in [-0.25, -0.2) is 0 Å². The highest BCUT2D eigenvalue weighted by Crippen LogP contribution is 2.63. The van der Waals surface area contributed by atoms with Gasteiger partial charge in [-0.15, -0.1) is 0 Å². The Morgan fingerprint density at radius 3 is 2.29 bits per heavy atom. The molecule has 6 heteroatoms. The van der Waals surface area contributed by atoms with Crippen LogP contribution >= 0.6 is 0 Å². The van der Waals surface area contributed by atoms with Crippen LogP contribution in [0.5, 0.6) is 0 Å². The highest BCUT2D eigenvalue weighted by molar-refractivity contribution is 5.77. The molecule has 3 aliphatic carbocycles. The second-order valence-corrected chi connectivity index (χ2v) is 10.4. The minimum atomic E-state index is -0.825. The second kappa shape index (κ2) is 8.95. The molecule has 5 atom stereocenters. The van der Waals surface area contributed by atoms with E-state index in [1.165, 1.54) is 26.5 Å². The van der Waals surface area contributed by atoms with Gasteiger partial charge in [-0.05, 0) is 68.6 Å². The number of carbonyl (C=O) groups excluding carboxylic acids is 3. The van der Waals surface area contributed by atoms with Crippen LogP contribution in [0, 0.1) is 28.6 Å². The van der Waals surface area contributed by atoms with Crippen molar-refractivity contribution in [2.75, 3.05) is 7.11 Å². The van der Waals surface area contributed by atoms with Gasteiger partial charge in [0, 0.05) is 20.3 Å². The van der Waals surface area contributed by atoms with Crippen molar-refractivity contribution in [1.29, 1.82) is 0 Å². The molecule has 3 aliphatic rings. The summed E-state index contributed by atoms with van der Waals surface area (Å²) in [6.45, 7) is 9.38. The van der Waals surface area contributed by atoms with Crippen molar-refractivity contribution < 1.29 is 28.6 Å². The molecule has 0 aromatic carbocycles. The zero-order valence-corrected chi connectivity index (χ0v) is 19.9. The molecular formula is C25H38O6. The van der Waals surface area contributed by atoms with E-state index in [0.717, 1.165) is 44.9 Å². The molecule has 0 amide bonds. The number of methoxy groups -OCH3 is 1. The zero-order chi connectivity index (χ0) is 23.0. The molecule has 0 saturated heterocycles. The molecular weight excluding hydrogens is 396 g/mol. The molecule has 0 aromatic rings. The Bertz CT molecular complexity index is 754. The first kappa shape index (κ1) is 23.8. The van der Waals surface area contributed by atoms with Gasteiger partial charge in [0.2, 0.25) is 6.29 Å². The Labute approximate surface area is 186 Å². The van der Waals surface area contributed by atoms with Crippen LogP contribution in [-0.4, -0.2) is 31.3 Å². The first-order valence-electron chi connectivity index (χ1n) is 11.7. The van der Waals surface area contributed by atoms with Crippen molar-refractivity contribution in [2.45, 2.75) is 92.3 Å². The van der Waals surface area contributed by atoms with Crippen molar-refractivity contribution in [3.63, 3.8) is 0 Å². The van der Waals surface area contributed by atoms with Gasteiger partial charge in [-0.2, -0.15) is 0 Å². The van der Waals surface area contributed by atoms with Crippen LogP contribution in [-0.2, 0) is 28.6 Å². The first-order chi connectivity index (χ1) is 14.5. The maximum atomic E-state index is 12.7. The lowest BCUT2D eigenvalue weighted by molar-refractivity contribution is -0.188. The predicted molar refractivity (Wildman–Crippen MR) is 116 cm³/mol. The molecule has 31 heavy (non-hydrogen) atoms. The lowest BCUT2D eigenvalue weighted by Crippen LogP contribution is -2.51. The lowest BCUT2D eigenvalue weighted by atomic mass is 9.47. The predicted octanol–water partition coefficient (Wildman–Crippen LogP) is 4.95. The van der Waals surface area contributed by atoms with E-state index in [2.05, 4.69) is 20.8 Å². The van der Waals surface area contributed by atoms with Gasteiger partial charge < -0.3 is 14.2 Å². The van der Waals surface area contributed by atoms with E-state index in [-0.39, 0.29) is 17.3 Å². The highest BCUT2D eigenvalue weighted by Gasteiger charge is 2.57. The van der Waals surface area contributed by atoms with Gasteiger partial charge in [-0.3, -0.25) is 14.4 Å². The standard InChI is InChI=1S/C25H38O6/c1-15-12-20-18(13-19(15)14-22(30-16(2)26)31-17(3)27)8-9-21-24(20,4)10-7-11-25(21,5)23(28)29-6/h15,19,21-22H,7-14H2,1-6H3. The van der Waals surface area contributed by atoms with Crippen LogP contribution in [0.1, 0.15) is 86.0 Å². The average Bonchev–Trinajstić information content (AvgIpc) is 2.67. The fraction of sp³-hybridized carbons (Fsp3) is 0.800. The molecule has 0 N–H and O–H groups in total. The molecule has 0 radical (unpaired) electrons. The molecule has 0 bridgehead atoms. The highest BCUT2D eigenvalue weighted by atomic mass is 16.7. The molecule has 6 nitrogen and oxygen atoms in total. The maximum Gasteiger partial charge on any atom is 0.311 e. The average molecular weight is 435 g/mol. The molecule has 0 spiro atoms. The molecule has 0 aromatic heterocycles. The Morgan fingerprint density at radius 2 is 1.71 bits per heavy atom. The molecule has 0 heterocycles. The van der Waals surface area contributed by atoms with E-state index in [0.29, 0.717) is 18.3 Å². The van der Waals surface area contributed by atoms with Gasteiger partial charge in [0.25, 0.3) is 0 Å². The second-order valence-electron chi connectivity index (χ2n) is 10.4. The van der Waals surface area contributed by atoms with Crippen molar-refractivity contribution in [3.05, 3.63) is 11.1 Å². The van der Waals surface area contributed by atoms with E-state index in [1.54, 1.807) is 5.57 Å². The van der Waals surface area contributed by atoms with Gasteiger partial charge in [0.15, 0.2) is 0 Å². The van der Waals surface area contributed by atoms with Crippen molar-refractivity contribution in [2.24, 2.45) is 28.6 Å². The largest absolute Gasteiger partial charge is 0.469 e. The molecule has 5 unspecified atom stereocenters. The van der Waals surface area contributed by atoms with Crippen LogP contribution in [0.2, 0.25) is 0 Å². The summed E-state index contributed by atoms with van der Waals surface area (Å²) >= 11 is 0. The normalized spacial score (nSPS) is 35.1. The lowest BCUT2D eigenvalue weighted by Gasteiger charge is -2.56. The van der Waals surface area contributed by atoms with Crippen LogP contribution in [0.4, 0.5) is 0 Å². The summed E-state index contributed by atoms with van der Waals surface area (Å²) in [6.07, 6.45) is 6.66. The number of fused-ring (bicyclic) bond motifs is 2. The minimum Gasteiger partial charge on any atom is -0.469 e. The topological polar surface area (TPSA) is 78.9 Å². The maximum absolute atomic E-state index is 12.7. The third-order valence-corrected chi connectivity index (χ3v) is 8.36. The Kier molecular flexibility index (Phi) is 6.87. The van der Waals surface area contributed by atoms with Crippen LogP contribution in [0.3, 0.4) is 0 Å². The Hall–Kier alpha value is -1.85. The monoisotopic (exact) mass is 434 g/mol. The SMILES string of the molecule is COC(=O)C1(C)CCCC2(C)C3=C(CCC12)CC(CC(OC(C)=O)OC(C)=O)C(C)C3. The van der Waals surface area contributed by atoms with E-state index < -0.39 is 23.6 Å². The van der Waals surface area contributed by atoms with Gasteiger partial charge in [-0.1, -0.05) is 31.4 Å². The number of esters is 3. The molecule has 1 saturated carbocycles. The third kappa shape index (κ3) is 4.54. The van der Waals surface area contributed by atoms with Crippen LogP contribution < -0.4 is 0 Å². The van der Waals surface area contributed by atoms with E-state index in [4.69, 9.17) is 14.2 Å². The van der Waals surface area contributed by atoms with E-state index in [9.17, 15) is 14.4 Å². The first-order valence-corrected chi connectivity index (χ1v) is 11.7. The molecule has 3 rings (SSSR count). The minimum absolute atomic E-state index is 0.0270. The fourth-order valence-corrected chi connectivity index (χ4v) is 6.89. The van der Waals surface area contributed by atoms with Crippen molar-refractivity contribution in [3.8, 4) is 0 Å². The Balaban J connectivity index is 1.83. The number of hydrogen-bond donors (Lipinski definition) is 0. The third-order valence-electron chi connectivity index (χ3n) is 8.36. The number of ether oxygens (including phenoxy) is 3. The molecule has 174 valence electrons. The van der Waals surface area contributed by atoms with Gasteiger partial charge in [0.1, 0.15) is 0 Å². The van der Waals surface area contributed by atoms with E-state index >= 15 is 0 Å². The van der Waals surface area contributed by atoms with Crippen molar-refractivity contribution in [1.82, 2.24) is 0 Å². The summed E-state index contributed by atoms with van der Waals surface area (Å²) in [7, 11) is 1.50. The van der Waals surface area contributed by atoms with Crippen LogP contribution in [0.15, 0.2) is 11.1 Å². The number of allylic oxidation sites excluding steroid dienone is 2.